The molecule has 0 fully saturated rings. The van der Waals surface area contributed by atoms with E-state index in [4.69, 9.17) is 14.6 Å². The minimum absolute atomic E-state index is 0.0347. The second-order valence-electron chi connectivity index (χ2n) is 6.43. The van der Waals surface area contributed by atoms with Gasteiger partial charge in [0.15, 0.2) is 0 Å². The first-order chi connectivity index (χ1) is 14.0. The summed E-state index contributed by atoms with van der Waals surface area (Å²) in [5.74, 6) is -0.453. The first kappa shape index (κ1) is 20.2. The first-order valence-corrected chi connectivity index (χ1v) is 9.38. The van der Waals surface area contributed by atoms with E-state index in [2.05, 4.69) is 0 Å². The number of aromatic nitrogens is 1. The molecular formula is C23H23NO5. The lowest BCUT2D eigenvalue weighted by Crippen LogP contribution is -2.07. The Balaban J connectivity index is 2.02. The van der Waals surface area contributed by atoms with Gasteiger partial charge in [-0.15, -0.1) is 0 Å². The monoisotopic (exact) mass is 393 g/mol. The zero-order chi connectivity index (χ0) is 20.8. The SMILES string of the molecule is CCOC(=O)c1ccc(-n2c(CCC(=O)O)ccc2-c2ccc(OC)cc2)cc1. The Bertz CT molecular complexity index is 987. The van der Waals surface area contributed by atoms with Crippen LogP contribution in [0.25, 0.3) is 16.9 Å². The van der Waals surface area contributed by atoms with Crippen LogP contribution in [0.3, 0.4) is 0 Å². The van der Waals surface area contributed by atoms with E-state index in [0.29, 0.717) is 18.6 Å². The summed E-state index contributed by atoms with van der Waals surface area (Å²) in [4.78, 5) is 23.0. The van der Waals surface area contributed by atoms with Crippen molar-refractivity contribution in [2.45, 2.75) is 19.8 Å². The molecule has 0 unspecified atom stereocenters. The Morgan fingerprint density at radius 1 is 0.966 bits per heavy atom. The van der Waals surface area contributed by atoms with Crippen molar-refractivity contribution in [2.24, 2.45) is 0 Å². The number of carboxylic acids is 1. The zero-order valence-corrected chi connectivity index (χ0v) is 16.4. The Hall–Kier alpha value is -3.54. The number of esters is 1. The molecule has 0 spiro atoms. The van der Waals surface area contributed by atoms with E-state index in [1.54, 1.807) is 26.2 Å². The Morgan fingerprint density at radius 2 is 1.66 bits per heavy atom. The number of aryl methyl sites for hydroxylation is 1. The van der Waals surface area contributed by atoms with E-state index in [9.17, 15) is 9.59 Å². The van der Waals surface area contributed by atoms with Gasteiger partial charge in [-0.2, -0.15) is 0 Å². The van der Waals surface area contributed by atoms with Gasteiger partial charge in [0.1, 0.15) is 5.75 Å². The molecular weight excluding hydrogens is 370 g/mol. The molecule has 3 aromatic rings. The standard InChI is InChI=1S/C23H23NO5/c1-3-29-23(27)17-4-8-18(9-5-17)24-19(11-15-22(25)26)10-14-21(24)16-6-12-20(28-2)13-7-16/h4-10,12-14H,3,11,15H2,1-2H3,(H,25,26). The van der Waals surface area contributed by atoms with E-state index in [-0.39, 0.29) is 12.4 Å². The second-order valence-corrected chi connectivity index (χ2v) is 6.43. The highest BCUT2D eigenvalue weighted by Gasteiger charge is 2.14. The van der Waals surface area contributed by atoms with Crippen molar-refractivity contribution in [3.63, 3.8) is 0 Å². The van der Waals surface area contributed by atoms with E-state index >= 15 is 0 Å². The number of carbonyl (C=O) groups excluding carboxylic acids is 1. The normalized spacial score (nSPS) is 10.6. The molecule has 0 saturated carbocycles. The fourth-order valence-corrected chi connectivity index (χ4v) is 3.16. The molecule has 0 bridgehead atoms. The summed E-state index contributed by atoms with van der Waals surface area (Å²) >= 11 is 0. The minimum Gasteiger partial charge on any atom is -0.497 e. The first-order valence-electron chi connectivity index (χ1n) is 9.38. The topological polar surface area (TPSA) is 77.8 Å². The van der Waals surface area contributed by atoms with Gasteiger partial charge in [0.2, 0.25) is 0 Å². The maximum absolute atomic E-state index is 11.9. The van der Waals surface area contributed by atoms with Gasteiger partial charge in [0, 0.05) is 11.4 Å². The minimum atomic E-state index is -0.846. The van der Waals surface area contributed by atoms with Crippen LogP contribution in [-0.4, -0.2) is 35.3 Å². The summed E-state index contributed by atoms with van der Waals surface area (Å²) in [5, 5.41) is 9.09. The van der Waals surface area contributed by atoms with Crippen LogP contribution in [0.4, 0.5) is 0 Å². The van der Waals surface area contributed by atoms with Gasteiger partial charge in [-0.05, 0) is 79.6 Å². The van der Waals surface area contributed by atoms with Crippen LogP contribution in [0.15, 0.2) is 60.7 Å². The quantitative estimate of drug-likeness (QED) is 0.576. The molecule has 1 aromatic heterocycles. The van der Waals surface area contributed by atoms with Crippen molar-refractivity contribution in [1.29, 1.82) is 0 Å². The van der Waals surface area contributed by atoms with Gasteiger partial charge in [0.25, 0.3) is 0 Å². The van der Waals surface area contributed by atoms with Crippen LogP contribution in [0.2, 0.25) is 0 Å². The third-order valence-corrected chi connectivity index (χ3v) is 4.58. The van der Waals surface area contributed by atoms with Gasteiger partial charge >= 0.3 is 11.9 Å². The highest BCUT2D eigenvalue weighted by Crippen LogP contribution is 2.29. The van der Waals surface area contributed by atoms with Gasteiger partial charge in [-0.25, -0.2) is 4.79 Å². The number of ether oxygens (including phenoxy) is 2. The van der Waals surface area contributed by atoms with Gasteiger partial charge in [-0.1, -0.05) is 0 Å². The average molecular weight is 393 g/mol. The molecule has 6 heteroatoms. The number of carboxylic acid groups (broad SMARTS) is 1. The van der Waals surface area contributed by atoms with Crippen LogP contribution in [0, 0.1) is 0 Å². The largest absolute Gasteiger partial charge is 0.497 e. The molecule has 6 nitrogen and oxygen atoms in total. The molecule has 0 aliphatic heterocycles. The fourth-order valence-electron chi connectivity index (χ4n) is 3.16. The van der Waals surface area contributed by atoms with Crippen molar-refractivity contribution < 1.29 is 24.2 Å². The van der Waals surface area contributed by atoms with Gasteiger partial charge in [-0.3, -0.25) is 4.79 Å². The van der Waals surface area contributed by atoms with Crippen molar-refractivity contribution >= 4 is 11.9 Å². The summed E-state index contributed by atoms with van der Waals surface area (Å²) in [5.41, 5.74) is 4.09. The third kappa shape index (κ3) is 4.66. The lowest BCUT2D eigenvalue weighted by atomic mass is 10.1. The maximum Gasteiger partial charge on any atom is 0.338 e. The number of rotatable bonds is 8. The number of benzene rings is 2. The fraction of sp³-hybridized carbons (Fsp3) is 0.217. The highest BCUT2D eigenvalue weighted by atomic mass is 16.5. The van der Waals surface area contributed by atoms with Crippen molar-refractivity contribution in [3.8, 4) is 22.7 Å². The number of hydrogen-bond donors (Lipinski definition) is 1. The molecule has 1 heterocycles. The van der Waals surface area contributed by atoms with Crippen LogP contribution in [0.1, 0.15) is 29.4 Å². The van der Waals surface area contributed by atoms with Crippen LogP contribution in [0.5, 0.6) is 5.75 Å². The number of hydrogen-bond acceptors (Lipinski definition) is 4. The van der Waals surface area contributed by atoms with Crippen molar-refractivity contribution in [2.75, 3.05) is 13.7 Å². The Kier molecular flexibility index (Phi) is 6.34. The Morgan fingerprint density at radius 3 is 2.24 bits per heavy atom. The van der Waals surface area contributed by atoms with Gasteiger partial charge < -0.3 is 19.1 Å². The number of carbonyl (C=O) groups is 2. The molecule has 29 heavy (non-hydrogen) atoms. The molecule has 0 amide bonds. The summed E-state index contributed by atoms with van der Waals surface area (Å²) in [6.07, 6.45) is 0.429. The summed E-state index contributed by atoms with van der Waals surface area (Å²) in [7, 11) is 1.62. The second kappa shape index (κ2) is 9.10. The van der Waals surface area contributed by atoms with E-state index in [1.165, 1.54) is 0 Å². The lowest BCUT2D eigenvalue weighted by Gasteiger charge is -2.15. The number of nitrogens with zero attached hydrogens (tertiary/aromatic N) is 1. The van der Waals surface area contributed by atoms with Gasteiger partial charge in [0.05, 0.1) is 31.4 Å². The predicted octanol–water partition coefficient (Wildman–Crippen LogP) is 4.35. The summed E-state index contributed by atoms with van der Waals surface area (Å²) in [6.45, 7) is 2.08. The predicted molar refractivity (Wildman–Crippen MR) is 110 cm³/mol. The van der Waals surface area contributed by atoms with Crippen LogP contribution >= 0.6 is 0 Å². The van der Waals surface area contributed by atoms with Crippen molar-refractivity contribution in [1.82, 2.24) is 4.57 Å². The molecule has 0 atom stereocenters. The summed E-state index contributed by atoms with van der Waals surface area (Å²) in [6, 6.07) is 18.7. The number of methoxy groups -OCH3 is 1. The highest BCUT2D eigenvalue weighted by molar-refractivity contribution is 5.89. The van der Waals surface area contributed by atoms with Crippen LogP contribution in [-0.2, 0) is 16.0 Å². The maximum atomic E-state index is 11.9. The third-order valence-electron chi connectivity index (χ3n) is 4.58. The molecule has 1 N–H and O–H groups in total. The molecule has 0 aliphatic rings. The van der Waals surface area contributed by atoms with E-state index in [0.717, 1.165) is 28.4 Å². The zero-order valence-electron chi connectivity index (χ0n) is 16.4. The summed E-state index contributed by atoms with van der Waals surface area (Å²) < 4.78 is 12.3. The molecule has 0 saturated heterocycles. The molecule has 150 valence electrons. The molecule has 3 rings (SSSR count). The van der Waals surface area contributed by atoms with E-state index < -0.39 is 5.97 Å². The molecule has 2 aromatic carbocycles. The lowest BCUT2D eigenvalue weighted by molar-refractivity contribution is -0.136. The number of aliphatic carboxylic acids is 1. The van der Waals surface area contributed by atoms with E-state index in [1.807, 2.05) is 53.1 Å². The van der Waals surface area contributed by atoms with Crippen LogP contribution < -0.4 is 4.74 Å². The molecule has 0 radical (unpaired) electrons. The Labute approximate surface area is 169 Å². The smallest absolute Gasteiger partial charge is 0.338 e. The van der Waals surface area contributed by atoms with Crippen molar-refractivity contribution in [3.05, 3.63) is 71.9 Å². The average Bonchev–Trinajstić information content (AvgIpc) is 3.16. The molecule has 0 aliphatic carbocycles.